The number of hydrogen-bond acceptors (Lipinski definition) is 4. The van der Waals surface area contributed by atoms with Crippen LogP contribution in [0.5, 0.6) is 5.75 Å². The maximum Gasteiger partial charge on any atom is 0.270 e. The first kappa shape index (κ1) is 17.3. The van der Waals surface area contributed by atoms with Crippen molar-refractivity contribution in [2.45, 2.75) is 51.7 Å². The van der Waals surface area contributed by atoms with Gasteiger partial charge in [0.15, 0.2) is 0 Å². The van der Waals surface area contributed by atoms with Gasteiger partial charge in [-0.25, -0.2) is 0 Å². The summed E-state index contributed by atoms with van der Waals surface area (Å²) in [7, 11) is 0. The molecule has 1 heterocycles. The van der Waals surface area contributed by atoms with Crippen LogP contribution < -0.4 is 15.4 Å². The average Bonchev–Trinajstić information content (AvgIpc) is 3.09. The van der Waals surface area contributed by atoms with Crippen molar-refractivity contribution in [3.8, 4) is 5.75 Å². The number of ether oxygens (including phenoxy) is 1. The minimum Gasteiger partial charge on any atom is -0.491 e. The number of carbonyl (C=O) groups excluding carboxylic acids is 1. The molecule has 0 saturated heterocycles. The number of rotatable bonds is 6. The molecule has 0 aliphatic heterocycles. The highest BCUT2D eigenvalue weighted by Crippen LogP contribution is 2.22. The van der Waals surface area contributed by atoms with Gasteiger partial charge in [-0.2, -0.15) is 0 Å². The molecule has 5 heteroatoms. The summed E-state index contributed by atoms with van der Waals surface area (Å²) in [5.74, 6) is 0.739. The van der Waals surface area contributed by atoms with E-state index in [1.54, 1.807) is 12.3 Å². The van der Waals surface area contributed by atoms with E-state index in [0.717, 1.165) is 30.0 Å². The zero-order chi connectivity index (χ0) is 17.6. The highest BCUT2D eigenvalue weighted by molar-refractivity contribution is 5.93. The van der Waals surface area contributed by atoms with Gasteiger partial charge in [0, 0.05) is 23.6 Å². The Bertz CT molecular complexity index is 707. The van der Waals surface area contributed by atoms with E-state index in [0.29, 0.717) is 11.7 Å². The molecule has 1 fully saturated rings. The Kier molecular flexibility index (Phi) is 5.53. The SMILES string of the molecule is CC(C)Oc1ccc(Nc2ccnc(C(=O)NC3CCCC3)c2)cc1. The monoisotopic (exact) mass is 339 g/mol. The second kappa shape index (κ2) is 8.01. The van der Waals surface area contributed by atoms with E-state index in [4.69, 9.17) is 4.74 Å². The van der Waals surface area contributed by atoms with Crippen LogP contribution in [-0.4, -0.2) is 23.0 Å². The molecule has 0 bridgehead atoms. The second-order valence-electron chi connectivity index (χ2n) is 6.70. The molecule has 0 unspecified atom stereocenters. The third-order valence-electron chi connectivity index (χ3n) is 4.20. The molecule has 1 aliphatic rings. The fraction of sp³-hybridized carbons (Fsp3) is 0.400. The van der Waals surface area contributed by atoms with Crippen molar-refractivity contribution in [2.75, 3.05) is 5.32 Å². The predicted molar refractivity (Wildman–Crippen MR) is 99.4 cm³/mol. The third kappa shape index (κ3) is 4.95. The van der Waals surface area contributed by atoms with E-state index in [-0.39, 0.29) is 12.0 Å². The quantitative estimate of drug-likeness (QED) is 0.824. The number of carbonyl (C=O) groups is 1. The standard InChI is InChI=1S/C20H25N3O2/c1-14(2)25-18-9-7-16(8-10-18)22-17-11-12-21-19(13-17)20(24)23-15-5-3-4-6-15/h7-15H,3-6H2,1-2H3,(H,21,22)(H,23,24). The largest absolute Gasteiger partial charge is 0.491 e. The third-order valence-corrected chi connectivity index (χ3v) is 4.20. The van der Waals surface area contributed by atoms with Crippen molar-refractivity contribution < 1.29 is 9.53 Å². The highest BCUT2D eigenvalue weighted by Gasteiger charge is 2.18. The van der Waals surface area contributed by atoms with Crippen LogP contribution in [0.2, 0.25) is 0 Å². The van der Waals surface area contributed by atoms with Gasteiger partial charge < -0.3 is 15.4 Å². The first-order valence-electron chi connectivity index (χ1n) is 8.91. The number of benzene rings is 1. The molecular weight excluding hydrogens is 314 g/mol. The number of amides is 1. The molecule has 1 aromatic carbocycles. The van der Waals surface area contributed by atoms with E-state index in [1.165, 1.54) is 12.8 Å². The summed E-state index contributed by atoms with van der Waals surface area (Å²) in [6.07, 6.45) is 6.32. The van der Waals surface area contributed by atoms with Crippen molar-refractivity contribution in [1.29, 1.82) is 0 Å². The van der Waals surface area contributed by atoms with Gasteiger partial charge in [0.1, 0.15) is 11.4 Å². The molecule has 25 heavy (non-hydrogen) atoms. The van der Waals surface area contributed by atoms with Gasteiger partial charge in [-0.3, -0.25) is 9.78 Å². The van der Waals surface area contributed by atoms with Crippen LogP contribution in [0.3, 0.4) is 0 Å². The normalized spacial score (nSPS) is 14.5. The zero-order valence-corrected chi connectivity index (χ0v) is 14.8. The number of nitrogens with one attached hydrogen (secondary N) is 2. The molecular formula is C20H25N3O2. The Balaban J connectivity index is 1.63. The van der Waals surface area contributed by atoms with Crippen LogP contribution in [-0.2, 0) is 0 Å². The maximum atomic E-state index is 12.3. The molecule has 1 aromatic heterocycles. The van der Waals surface area contributed by atoms with Crippen LogP contribution in [0.25, 0.3) is 0 Å². The number of nitrogens with zero attached hydrogens (tertiary/aromatic N) is 1. The minimum atomic E-state index is -0.101. The van der Waals surface area contributed by atoms with Gasteiger partial charge in [-0.15, -0.1) is 0 Å². The minimum absolute atomic E-state index is 0.101. The lowest BCUT2D eigenvalue weighted by atomic mass is 10.2. The highest BCUT2D eigenvalue weighted by atomic mass is 16.5. The Morgan fingerprint density at radius 3 is 2.52 bits per heavy atom. The van der Waals surface area contributed by atoms with E-state index < -0.39 is 0 Å². The molecule has 0 spiro atoms. The summed E-state index contributed by atoms with van der Waals surface area (Å²) in [4.78, 5) is 16.5. The summed E-state index contributed by atoms with van der Waals surface area (Å²) in [5, 5.41) is 6.36. The fourth-order valence-corrected chi connectivity index (χ4v) is 3.02. The van der Waals surface area contributed by atoms with Crippen LogP contribution >= 0.6 is 0 Å². The molecule has 1 amide bonds. The van der Waals surface area contributed by atoms with Crippen molar-refractivity contribution in [3.63, 3.8) is 0 Å². The summed E-state index contributed by atoms with van der Waals surface area (Å²) in [6, 6.07) is 11.7. The van der Waals surface area contributed by atoms with Gasteiger partial charge in [0.25, 0.3) is 5.91 Å². The number of aromatic nitrogens is 1. The number of anilines is 2. The zero-order valence-electron chi connectivity index (χ0n) is 14.8. The lowest BCUT2D eigenvalue weighted by molar-refractivity contribution is 0.0933. The molecule has 132 valence electrons. The molecule has 0 atom stereocenters. The van der Waals surface area contributed by atoms with Crippen LogP contribution in [0, 0.1) is 0 Å². The van der Waals surface area contributed by atoms with E-state index in [1.807, 2.05) is 44.2 Å². The van der Waals surface area contributed by atoms with Crippen LogP contribution in [0.15, 0.2) is 42.6 Å². The predicted octanol–water partition coefficient (Wildman–Crippen LogP) is 4.28. The average molecular weight is 339 g/mol. The van der Waals surface area contributed by atoms with Crippen LogP contribution in [0.4, 0.5) is 11.4 Å². The summed E-state index contributed by atoms with van der Waals surface area (Å²) >= 11 is 0. The smallest absolute Gasteiger partial charge is 0.270 e. The molecule has 3 rings (SSSR count). The Hall–Kier alpha value is -2.56. The van der Waals surface area contributed by atoms with E-state index in [2.05, 4.69) is 15.6 Å². The lowest BCUT2D eigenvalue weighted by Crippen LogP contribution is -2.33. The van der Waals surface area contributed by atoms with Crippen LogP contribution in [0.1, 0.15) is 50.0 Å². The van der Waals surface area contributed by atoms with Crippen molar-refractivity contribution in [1.82, 2.24) is 10.3 Å². The molecule has 0 radical (unpaired) electrons. The fourth-order valence-electron chi connectivity index (χ4n) is 3.02. The molecule has 2 aromatic rings. The number of pyridine rings is 1. The van der Waals surface area contributed by atoms with Crippen molar-refractivity contribution in [3.05, 3.63) is 48.3 Å². The second-order valence-corrected chi connectivity index (χ2v) is 6.70. The first-order chi connectivity index (χ1) is 12.1. The topological polar surface area (TPSA) is 63.2 Å². The molecule has 1 aliphatic carbocycles. The van der Waals surface area contributed by atoms with Crippen molar-refractivity contribution in [2.24, 2.45) is 0 Å². The van der Waals surface area contributed by atoms with E-state index in [9.17, 15) is 4.79 Å². The Morgan fingerprint density at radius 2 is 1.84 bits per heavy atom. The van der Waals surface area contributed by atoms with Gasteiger partial charge in [-0.1, -0.05) is 12.8 Å². The Labute approximate surface area is 148 Å². The van der Waals surface area contributed by atoms with E-state index >= 15 is 0 Å². The Morgan fingerprint density at radius 1 is 1.12 bits per heavy atom. The molecule has 1 saturated carbocycles. The lowest BCUT2D eigenvalue weighted by Gasteiger charge is -2.13. The number of hydrogen-bond donors (Lipinski definition) is 2. The molecule has 5 nitrogen and oxygen atoms in total. The maximum absolute atomic E-state index is 12.3. The summed E-state index contributed by atoms with van der Waals surface area (Å²) in [5.41, 5.74) is 2.21. The summed E-state index contributed by atoms with van der Waals surface area (Å²) in [6.45, 7) is 4.00. The van der Waals surface area contributed by atoms with Gasteiger partial charge in [0.05, 0.1) is 6.10 Å². The summed E-state index contributed by atoms with van der Waals surface area (Å²) < 4.78 is 5.64. The first-order valence-corrected chi connectivity index (χ1v) is 8.91. The van der Waals surface area contributed by atoms with Gasteiger partial charge in [-0.05, 0) is 63.1 Å². The van der Waals surface area contributed by atoms with Crippen molar-refractivity contribution >= 4 is 17.3 Å². The molecule has 2 N–H and O–H groups in total. The van der Waals surface area contributed by atoms with Gasteiger partial charge in [0.2, 0.25) is 0 Å². The van der Waals surface area contributed by atoms with Gasteiger partial charge >= 0.3 is 0 Å².